The van der Waals surface area contributed by atoms with Crippen molar-refractivity contribution in [2.75, 3.05) is 28.2 Å². The van der Waals surface area contributed by atoms with Crippen molar-refractivity contribution in [3.05, 3.63) is 11.3 Å². The van der Waals surface area contributed by atoms with Crippen LogP contribution in [0.1, 0.15) is 0 Å². The first-order valence-electron chi connectivity index (χ1n) is 3.44. The van der Waals surface area contributed by atoms with E-state index in [9.17, 15) is 0 Å². The summed E-state index contributed by atoms with van der Waals surface area (Å²) in [6, 6.07) is 0. The maximum absolute atomic E-state index is 7.42. The van der Waals surface area contributed by atoms with Crippen LogP contribution in [-0.4, -0.2) is 49.6 Å². The van der Waals surface area contributed by atoms with Crippen LogP contribution < -0.4 is 5.43 Å². The molecule has 0 fully saturated rings. The minimum absolute atomic E-state index is 0.260. The third-order valence-corrected chi connectivity index (χ3v) is 1.62. The Balaban J connectivity index is 4.67. The Bertz CT molecular complexity index is 141. The third kappa shape index (κ3) is 1.71. The standard InChI is InChI=1S/C5H16N7/c1-8-12(9-2,11(4)7)10(3)5-6/h5-8H,1-4H3/q-1. The van der Waals surface area contributed by atoms with Gasteiger partial charge in [-0.05, 0) is 0 Å². The van der Waals surface area contributed by atoms with Gasteiger partial charge in [0.05, 0.1) is 7.05 Å². The van der Waals surface area contributed by atoms with Gasteiger partial charge in [0.15, 0.2) is 0 Å². The highest BCUT2D eigenvalue weighted by Crippen LogP contribution is 2.13. The lowest BCUT2D eigenvalue weighted by molar-refractivity contribution is -1.11. The zero-order chi connectivity index (χ0) is 9.78. The van der Waals surface area contributed by atoms with Crippen LogP contribution in [0.3, 0.4) is 0 Å². The van der Waals surface area contributed by atoms with Crippen LogP contribution in [0.25, 0.3) is 11.3 Å². The van der Waals surface area contributed by atoms with Gasteiger partial charge >= 0.3 is 0 Å². The molecule has 0 heterocycles. The Morgan fingerprint density at radius 3 is 2.17 bits per heavy atom. The predicted molar refractivity (Wildman–Crippen MR) is 47.2 cm³/mol. The first-order chi connectivity index (χ1) is 5.55. The van der Waals surface area contributed by atoms with Crippen LogP contribution in [0.4, 0.5) is 0 Å². The molecule has 0 radical (unpaired) electrons. The SMILES string of the molecule is C[N-][N+](NC)(N(C)[NH-])N(C)C=N. The molecule has 72 valence electrons. The molecule has 7 nitrogen and oxygen atoms in total. The Morgan fingerprint density at radius 2 is 2.08 bits per heavy atom. The van der Waals surface area contributed by atoms with Gasteiger partial charge in [-0.1, -0.05) is 0 Å². The molecule has 1 unspecified atom stereocenters. The average molecular weight is 174 g/mol. The lowest BCUT2D eigenvalue weighted by Gasteiger charge is -2.55. The molecule has 0 aliphatic heterocycles. The van der Waals surface area contributed by atoms with E-state index < -0.39 is 0 Å². The van der Waals surface area contributed by atoms with E-state index >= 15 is 0 Å². The molecule has 0 aromatic carbocycles. The summed E-state index contributed by atoms with van der Waals surface area (Å²) >= 11 is 0. The highest BCUT2D eigenvalue weighted by atomic mass is 16.2. The van der Waals surface area contributed by atoms with Gasteiger partial charge < -0.3 is 11.3 Å². The maximum Gasteiger partial charge on any atom is 0.135 e. The van der Waals surface area contributed by atoms with Gasteiger partial charge in [-0.3, -0.25) is 5.41 Å². The predicted octanol–water partition coefficient (Wildman–Crippen LogP) is 0.124. The van der Waals surface area contributed by atoms with Crippen LogP contribution in [0.2, 0.25) is 0 Å². The van der Waals surface area contributed by atoms with Crippen molar-refractivity contribution >= 4 is 6.34 Å². The molecule has 0 aromatic heterocycles. The van der Waals surface area contributed by atoms with Gasteiger partial charge in [0.25, 0.3) is 0 Å². The molecule has 1 atom stereocenters. The quantitative estimate of drug-likeness (QED) is 0.269. The van der Waals surface area contributed by atoms with E-state index in [2.05, 4.69) is 10.9 Å². The van der Waals surface area contributed by atoms with E-state index in [1.54, 1.807) is 28.2 Å². The maximum atomic E-state index is 7.42. The van der Waals surface area contributed by atoms with Crippen LogP contribution in [-0.2, 0) is 0 Å². The zero-order valence-electron chi connectivity index (χ0n) is 7.87. The van der Waals surface area contributed by atoms with Gasteiger partial charge in [-0.15, -0.1) is 12.5 Å². The first kappa shape index (κ1) is 11.3. The Hall–Kier alpha value is -0.730. The second-order valence-corrected chi connectivity index (χ2v) is 2.22. The normalized spacial score (nSPS) is 15.8. The number of hydrogen-bond donors (Lipinski definition) is 2. The molecule has 0 amide bonds. The number of rotatable bonds is 5. The molecule has 3 N–H and O–H groups in total. The Morgan fingerprint density at radius 1 is 1.58 bits per heavy atom. The molecule has 0 rings (SSSR count). The van der Waals surface area contributed by atoms with Crippen molar-refractivity contribution in [2.45, 2.75) is 0 Å². The minimum Gasteiger partial charge on any atom is -0.557 e. The van der Waals surface area contributed by atoms with Crippen molar-refractivity contribution in [1.82, 2.24) is 15.6 Å². The van der Waals surface area contributed by atoms with Gasteiger partial charge in [0.1, 0.15) is 6.34 Å². The molecule has 0 saturated heterocycles. The second-order valence-electron chi connectivity index (χ2n) is 2.22. The average Bonchev–Trinajstić information content (AvgIpc) is 2.06. The molecular weight excluding hydrogens is 158 g/mol. The van der Waals surface area contributed by atoms with Crippen molar-refractivity contribution in [3.8, 4) is 0 Å². The van der Waals surface area contributed by atoms with Crippen LogP contribution in [0.5, 0.6) is 0 Å². The van der Waals surface area contributed by atoms with Gasteiger partial charge in [-0.2, -0.15) is 9.93 Å². The topological polar surface area (TPSA) is 80.3 Å². The number of hydrogen-bond acceptors (Lipinski definition) is 3. The molecule has 0 spiro atoms. The Labute approximate surface area is 72.7 Å². The van der Waals surface area contributed by atoms with Gasteiger partial charge in [-0.25, -0.2) is 5.12 Å². The van der Waals surface area contributed by atoms with E-state index in [1.807, 2.05) is 0 Å². The molecule has 0 aliphatic rings. The monoisotopic (exact) mass is 174 g/mol. The number of nitrogens with one attached hydrogen (secondary N) is 3. The number of nitrogens with zero attached hydrogens (tertiary/aromatic N) is 4. The highest BCUT2D eigenvalue weighted by molar-refractivity contribution is 5.47. The second kappa shape index (κ2) is 4.33. The van der Waals surface area contributed by atoms with E-state index in [4.69, 9.17) is 11.3 Å². The van der Waals surface area contributed by atoms with E-state index in [0.717, 1.165) is 11.5 Å². The van der Waals surface area contributed by atoms with Crippen molar-refractivity contribution in [1.29, 1.82) is 5.41 Å². The summed E-state index contributed by atoms with van der Waals surface area (Å²) in [4.78, 5) is -0.260. The van der Waals surface area contributed by atoms with Crippen molar-refractivity contribution in [2.24, 2.45) is 0 Å². The summed E-state index contributed by atoms with van der Waals surface area (Å²) in [5.41, 5.74) is 6.75. The van der Waals surface area contributed by atoms with Crippen LogP contribution in [0.15, 0.2) is 0 Å². The molecule has 0 bridgehead atoms. The fourth-order valence-electron chi connectivity index (χ4n) is 0.975. The number of quaternary nitrogens is 1. The lowest BCUT2D eigenvalue weighted by Crippen LogP contribution is -2.67. The molecule has 7 heteroatoms. The molecule has 12 heavy (non-hydrogen) atoms. The molecule has 0 aliphatic carbocycles. The molecule has 0 aromatic rings. The lowest BCUT2D eigenvalue weighted by atomic mass is 11.0. The van der Waals surface area contributed by atoms with E-state index in [-0.39, 0.29) is 4.92 Å². The summed E-state index contributed by atoms with van der Waals surface area (Å²) in [7, 11) is 6.44. The van der Waals surface area contributed by atoms with Gasteiger partial charge in [0.2, 0.25) is 0 Å². The fraction of sp³-hybridized carbons (Fsp3) is 0.800. The summed E-state index contributed by atoms with van der Waals surface area (Å²) in [5, 5.41) is 9.57. The summed E-state index contributed by atoms with van der Waals surface area (Å²) in [5.74, 6) is 7.42. The molecular formula is C5H16N7-. The minimum atomic E-state index is -0.260. The first-order valence-corrected chi connectivity index (χ1v) is 3.44. The highest BCUT2D eigenvalue weighted by Gasteiger charge is 2.20. The summed E-state index contributed by atoms with van der Waals surface area (Å²) in [6.07, 6.45) is 1.09. The van der Waals surface area contributed by atoms with Crippen LogP contribution >= 0.6 is 0 Å². The van der Waals surface area contributed by atoms with E-state index in [1.165, 1.54) is 5.01 Å². The van der Waals surface area contributed by atoms with Crippen LogP contribution in [0, 0.1) is 5.41 Å². The smallest absolute Gasteiger partial charge is 0.135 e. The van der Waals surface area contributed by atoms with E-state index in [0.29, 0.717) is 0 Å². The summed E-state index contributed by atoms with van der Waals surface area (Å²) in [6.45, 7) is 0. The fourth-order valence-corrected chi connectivity index (χ4v) is 0.975. The zero-order valence-corrected chi connectivity index (χ0v) is 7.87. The largest absolute Gasteiger partial charge is 0.557 e. The Kier molecular flexibility index (Phi) is 4.07. The molecule has 0 saturated carbocycles. The van der Waals surface area contributed by atoms with Crippen molar-refractivity contribution in [3.63, 3.8) is 0 Å². The van der Waals surface area contributed by atoms with Crippen molar-refractivity contribution < 1.29 is 4.92 Å². The third-order valence-electron chi connectivity index (χ3n) is 1.62. The van der Waals surface area contributed by atoms with Gasteiger partial charge in [0, 0.05) is 14.1 Å². The summed E-state index contributed by atoms with van der Waals surface area (Å²) < 4.78 is 0.